The van der Waals surface area contributed by atoms with Crippen molar-refractivity contribution in [2.24, 2.45) is 0 Å². The lowest BCUT2D eigenvalue weighted by atomic mass is 10.2. The van der Waals surface area contributed by atoms with Crippen molar-refractivity contribution in [1.29, 1.82) is 0 Å². The van der Waals surface area contributed by atoms with Gasteiger partial charge >= 0.3 is 0 Å². The Morgan fingerprint density at radius 1 is 1.24 bits per heavy atom. The van der Waals surface area contributed by atoms with E-state index in [0.717, 1.165) is 5.56 Å². The number of Topliss-reactive ketones (excluding diaryl/α,β-unsaturated/α-hetero) is 1. The van der Waals surface area contributed by atoms with Crippen LogP contribution in [-0.4, -0.2) is 16.9 Å². The largest absolute Gasteiger partial charge is 0.345 e. The molecule has 4 heteroatoms. The van der Waals surface area contributed by atoms with E-state index >= 15 is 0 Å². The minimum absolute atomic E-state index is 0.394. The first kappa shape index (κ1) is 13.8. The lowest BCUT2D eigenvalue weighted by Crippen LogP contribution is -2.28. The Morgan fingerprint density at radius 2 is 1.82 bits per heavy atom. The van der Waals surface area contributed by atoms with Crippen molar-refractivity contribution in [2.75, 3.05) is 0 Å². The number of ketones is 1. The van der Waals surface area contributed by atoms with Crippen molar-refractivity contribution in [3.63, 3.8) is 0 Å². The normalized spacial score (nSPS) is 10.4. The fourth-order valence-corrected chi connectivity index (χ4v) is 2.10. The van der Waals surface area contributed by atoms with Crippen molar-refractivity contribution in [3.05, 3.63) is 29.8 Å². The van der Waals surface area contributed by atoms with E-state index < -0.39 is 11.7 Å². The molecule has 1 rings (SSSR count). The molecule has 0 radical (unpaired) electrons. The molecule has 0 aliphatic carbocycles. The van der Waals surface area contributed by atoms with Crippen LogP contribution in [0.1, 0.15) is 26.3 Å². The van der Waals surface area contributed by atoms with Gasteiger partial charge in [0.1, 0.15) is 0 Å². The van der Waals surface area contributed by atoms with E-state index in [4.69, 9.17) is 0 Å². The molecule has 0 spiro atoms. The van der Waals surface area contributed by atoms with Gasteiger partial charge in [0.15, 0.2) is 0 Å². The van der Waals surface area contributed by atoms with E-state index in [-0.39, 0.29) is 0 Å². The standard InChI is InChI=1S/C13H17NO2S/c1-9(2)17-12-6-4-11(5-7-12)8-14-13(16)10(3)15/h4-7,9H,8H2,1-3H3,(H,14,16). The van der Waals surface area contributed by atoms with Gasteiger partial charge in [0.2, 0.25) is 5.78 Å². The summed E-state index contributed by atoms with van der Waals surface area (Å²) in [4.78, 5) is 23.0. The molecule has 0 bridgehead atoms. The maximum Gasteiger partial charge on any atom is 0.287 e. The summed E-state index contributed by atoms with van der Waals surface area (Å²) < 4.78 is 0. The first-order chi connectivity index (χ1) is 7.99. The van der Waals surface area contributed by atoms with E-state index in [1.54, 1.807) is 11.8 Å². The molecule has 1 N–H and O–H groups in total. The number of amides is 1. The van der Waals surface area contributed by atoms with E-state index in [9.17, 15) is 9.59 Å². The number of thioether (sulfide) groups is 1. The van der Waals surface area contributed by atoms with Gasteiger partial charge in [-0.05, 0) is 17.7 Å². The molecular formula is C13H17NO2S. The summed E-state index contributed by atoms with van der Waals surface area (Å²) >= 11 is 1.79. The third kappa shape index (κ3) is 5.04. The summed E-state index contributed by atoms with van der Waals surface area (Å²) in [6, 6.07) is 7.98. The lowest BCUT2D eigenvalue weighted by molar-refractivity contribution is -0.136. The van der Waals surface area contributed by atoms with Crippen molar-refractivity contribution < 1.29 is 9.59 Å². The fraction of sp³-hybridized carbons (Fsp3) is 0.385. The summed E-state index contributed by atoms with van der Waals surface area (Å²) in [5.41, 5.74) is 0.993. The van der Waals surface area contributed by atoms with Crippen LogP contribution in [0.15, 0.2) is 29.2 Å². The van der Waals surface area contributed by atoms with Crippen LogP contribution >= 0.6 is 11.8 Å². The maximum atomic E-state index is 11.1. The van der Waals surface area contributed by atoms with Crippen molar-refractivity contribution >= 4 is 23.5 Å². The highest BCUT2D eigenvalue weighted by Gasteiger charge is 2.06. The predicted molar refractivity (Wildman–Crippen MR) is 70.0 cm³/mol. The highest BCUT2D eigenvalue weighted by molar-refractivity contribution is 7.99. The van der Waals surface area contributed by atoms with Crippen LogP contribution in [0.3, 0.4) is 0 Å². The minimum Gasteiger partial charge on any atom is -0.345 e. The average Bonchev–Trinajstić information content (AvgIpc) is 2.26. The monoisotopic (exact) mass is 251 g/mol. The van der Waals surface area contributed by atoms with Gasteiger partial charge in [-0.15, -0.1) is 11.8 Å². The number of rotatable bonds is 5. The molecular weight excluding hydrogens is 234 g/mol. The molecule has 0 fully saturated rings. The molecule has 0 unspecified atom stereocenters. The third-order valence-electron chi connectivity index (χ3n) is 2.07. The molecule has 3 nitrogen and oxygen atoms in total. The number of carbonyl (C=O) groups is 2. The van der Waals surface area contributed by atoms with Gasteiger partial charge < -0.3 is 5.32 Å². The molecule has 0 atom stereocenters. The van der Waals surface area contributed by atoms with Gasteiger partial charge in [-0.1, -0.05) is 26.0 Å². The number of nitrogens with one attached hydrogen (secondary N) is 1. The smallest absolute Gasteiger partial charge is 0.287 e. The summed E-state index contributed by atoms with van der Waals surface area (Å²) in [7, 11) is 0. The average molecular weight is 251 g/mol. The summed E-state index contributed by atoms with van der Waals surface area (Å²) in [6.45, 7) is 5.94. The van der Waals surface area contributed by atoms with E-state index in [2.05, 4.69) is 19.2 Å². The van der Waals surface area contributed by atoms with E-state index in [1.807, 2.05) is 24.3 Å². The zero-order valence-corrected chi connectivity index (χ0v) is 11.1. The van der Waals surface area contributed by atoms with Crippen LogP contribution in [0.4, 0.5) is 0 Å². The molecule has 1 amide bonds. The number of hydrogen-bond donors (Lipinski definition) is 1. The second-order valence-electron chi connectivity index (χ2n) is 4.05. The Morgan fingerprint density at radius 3 is 2.29 bits per heavy atom. The van der Waals surface area contributed by atoms with Crippen LogP contribution in [0.5, 0.6) is 0 Å². The topological polar surface area (TPSA) is 46.2 Å². The van der Waals surface area contributed by atoms with Crippen molar-refractivity contribution in [2.45, 2.75) is 37.5 Å². The number of carbonyl (C=O) groups excluding carboxylic acids is 2. The zero-order valence-electron chi connectivity index (χ0n) is 10.3. The second-order valence-corrected chi connectivity index (χ2v) is 5.70. The quantitative estimate of drug-likeness (QED) is 0.645. The Balaban J connectivity index is 2.51. The van der Waals surface area contributed by atoms with Gasteiger partial charge in [-0.3, -0.25) is 9.59 Å². The summed E-state index contributed by atoms with van der Waals surface area (Å²) in [5.74, 6) is -0.998. The van der Waals surface area contributed by atoms with Crippen molar-refractivity contribution in [1.82, 2.24) is 5.32 Å². The fourth-order valence-electron chi connectivity index (χ4n) is 1.26. The van der Waals surface area contributed by atoms with Gasteiger partial charge in [-0.2, -0.15) is 0 Å². The molecule has 0 saturated carbocycles. The minimum atomic E-state index is -0.536. The molecule has 1 aromatic rings. The van der Waals surface area contributed by atoms with Crippen LogP contribution in [0.2, 0.25) is 0 Å². The summed E-state index contributed by atoms with van der Waals surface area (Å²) in [5, 5.41) is 3.12. The molecule has 0 aliphatic heterocycles. The number of benzene rings is 1. The highest BCUT2D eigenvalue weighted by Crippen LogP contribution is 2.22. The van der Waals surface area contributed by atoms with Crippen LogP contribution in [-0.2, 0) is 16.1 Å². The Bertz CT molecular complexity index is 398. The molecule has 0 aromatic heterocycles. The molecule has 0 saturated heterocycles. The van der Waals surface area contributed by atoms with Gasteiger partial charge in [-0.25, -0.2) is 0 Å². The predicted octanol–water partition coefficient (Wildman–Crippen LogP) is 2.39. The molecule has 92 valence electrons. The van der Waals surface area contributed by atoms with Crippen LogP contribution in [0, 0.1) is 0 Å². The summed E-state index contributed by atoms with van der Waals surface area (Å²) in [6.07, 6.45) is 0. The Labute approximate surface area is 106 Å². The highest BCUT2D eigenvalue weighted by atomic mass is 32.2. The van der Waals surface area contributed by atoms with Crippen LogP contribution < -0.4 is 5.32 Å². The van der Waals surface area contributed by atoms with E-state index in [1.165, 1.54) is 11.8 Å². The van der Waals surface area contributed by atoms with Gasteiger partial charge in [0, 0.05) is 23.6 Å². The van der Waals surface area contributed by atoms with Crippen molar-refractivity contribution in [3.8, 4) is 0 Å². The third-order valence-corrected chi connectivity index (χ3v) is 3.08. The SMILES string of the molecule is CC(=O)C(=O)NCc1ccc(SC(C)C)cc1. The maximum absolute atomic E-state index is 11.1. The zero-order chi connectivity index (χ0) is 12.8. The number of hydrogen-bond acceptors (Lipinski definition) is 3. The Hall–Kier alpha value is -1.29. The van der Waals surface area contributed by atoms with Gasteiger partial charge in [0.05, 0.1) is 0 Å². The molecule has 0 aliphatic rings. The van der Waals surface area contributed by atoms with E-state index in [0.29, 0.717) is 11.8 Å². The molecule has 17 heavy (non-hydrogen) atoms. The second kappa shape index (κ2) is 6.45. The first-order valence-electron chi connectivity index (χ1n) is 5.53. The van der Waals surface area contributed by atoms with Crippen LogP contribution in [0.25, 0.3) is 0 Å². The first-order valence-corrected chi connectivity index (χ1v) is 6.41. The lowest BCUT2D eigenvalue weighted by Gasteiger charge is -2.06. The molecule has 1 aromatic carbocycles. The van der Waals surface area contributed by atoms with Gasteiger partial charge in [0.25, 0.3) is 5.91 Å². The Kier molecular flexibility index (Phi) is 5.22. The molecule has 0 heterocycles.